The van der Waals surface area contributed by atoms with Gasteiger partial charge < -0.3 is 14.7 Å². The van der Waals surface area contributed by atoms with Crippen molar-refractivity contribution in [1.29, 1.82) is 0 Å². The predicted octanol–water partition coefficient (Wildman–Crippen LogP) is 4.93. The number of nitro benzene ring substituents is 1. The van der Waals surface area contributed by atoms with Gasteiger partial charge in [0.15, 0.2) is 11.6 Å². The Morgan fingerprint density at radius 2 is 2.04 bits per heavy atom. The molecule has 0 fully saturated rings. The zero-order valence-corrected chi connectivity index (χ0v) is 14.7. The second-order valence-electron chi connectivity index (χ2n) is 5.63. The van der Waals surface area contributed by atoms with Crippen molar-refractivity contribution in [3.8, 4) is 11.5 Å². The second-order valence-corrected chi connectivity index (χ2v) is 5.63. The molecule has 9 heteroatoms. The third kappa shape index (κ3) is 4.69. The van der Waals surface area contributed by atoms with E-state index in [2.05, 4.69) is 5.16 Å². The highest BCUT2D eigenvalue weighted by Crippen LogP contribution is 2.31. The van der Waals surface area contributed by atoms with Crippen molar-refractivity contribution < 1.29 is 28.4 Å². The smallest absolute Gasteiger partial charge is 0.282 e. The van der Waals surface area contributed by atoms with E-state index >= 15 is 0 Å². The summed E-state index contributed by atoms with van der Waals surface area (Å²) >= 11 is 0. The highest BCUT2D eigenvalue weighted by Gasteiger charge is 2.22. The van der Waals surface area contributed by atoms with Gasteiger partial charge in [0.25, 0.3) is 11.6 Å². The molecule has 0 radical (unpaired) electrons. The molecule has 0 amide bonds. The molecular weight excluding hydrogens is 362 g/mol. The van der Waals surface area contributed by atoms with Crippen LogP contribution in [0.3, 0.4) is 0 Å². The van der Waals surface area contributed by atoms with E-state index in [9.17, 15) is 24.1 Å². The SMILES string of the molecule is CCCCO/C(=N\O)c1cc(Oc2ccc(F)c(C)c2F)ccc1[N+](=O)[O-]. The summed E-state index contributed by atoms with van der Waals surface area (Å²) in [6, 6.07) is 5.72. The van der Waals surface area contributed by atoms with E-state index < -0.39 is 16.6 Å². The summed E-state index contributed by atoms with van der Waals surface area (Å²) in [6.07, 6.45) is 1.47. The first-order chi connectivity index (χ1) is 12.9. The number of benzene rings is 2. The zero-order chi connectivity index (χ0) is 20.0. The Hall–Kier alpha value is -3.23. The lowest BCUT2D eigenvalue weighted by atomic mass is 10.1. The molecule has 0 saturated heterocycles. The van der Waals surface area contributed by atoms with Crippen molar-refractivity contribution in [1.82, 2.24) is 0 Å². The molecule has 0 unspecified atom stereocenters. The van der Waals surface area contributed by atoms with Crippen LogP contribution in [-0.2, 0) is 4.74 Å². The number of hydrogen-bond donors (Lipinski definition) is 1. The molecule has 2 rings (SSSR count). The Morgan fingerprint density at radius 1 is 1.30 bits per heavy atom. The van der Waals surface area contributed by atoms with Gasteiger partial charge in [-0.3, -0.25) is 10.1 Å². The minimum atomic E-state index is -0.884. The highest BCUT2D eigenvalue weighted by molar-refractivity contribution is 5.98. The average molecular weight is 380 g/mol. The van der Waals surface area contributed by atoms with E-state index in [-0.39, 0.29) is 40.8 Å². The van der Waals surface area contributed by atoms with Crippen molar-refractivity contribution in [2.24, 2.45) is 5.16 Å². The molecule has 0 saturated carbocycles. The van der Waals surface area contributed by atoms with Gasteiger partial charge >= 0.3 is 0 Å². The standard InChI is InChI=1S/C18H18F2N2O5/c1-3-4-9-26-18(21-23)13-10-12(5-7-15(13)22(24)25)27-16-8-6-14(19)11(2)17(16)20/h5-8,10,23H,3-4,9H2,1-2H3/b21-18-. The number of nitro groups is 1. The summed E-state index contributed by atoms with van der Waals surface area (Å²) in [5, 5.41) is 23.4. The van der Waals surface area contributed by atoms with Gasteiger partial charge in [0, 0.05) is 17.7 Å². The molecule has 144 valence electrons. The highest BCUT2D eigenvalue weighted by atomic mass is 19.1. The van der Waals surface area contributed by atoms with Crippen LogP contribution < -0.4 is 4.74 Å². The van der Waals surface area contributed by atoms with E-state index in [1.165, 1.54) is 19.1 Å². The molecule has 2 aromatic carbocycles. The Balaban J connectivity index is 2.40. The van der Waals surface area contributed by atoms with Crippen LogP contribution in [0.25, 0.3) is 0 Å². The largest absolute Gasteiger partial charge is 0.475 e. The number of hydrogen-bond acceptors (Lipinski definition) is 6. The van der Waals surface area contributed by atoms with Gasteiger partial charge in [-0.05, 0) is 36.7 Å². The van der Waals surface area contributed by atoms with Crippen LogP contribution in [0, 0.1) is 28.7 Å². The molecule has 0 aliphatic rings. The number of nitrogens with zero attached hydrogens (tertiary/aromatic N) is 2. The van der Waals surface area contributed by atoms with E-state index in [1.807, 2.05) is 6.92 Å². The van der Waals surface area contributed by atoms with Crippen molar-refractivity contribution in [2.75, 3.05) is 6.61 Å². The second kappa shape index (κ2) is 8.93. The van der Waals surface area contributed by atoms with Crippen LogP contribution in [0.5, 0.6) is 11.5 Å². The Labute approximate surface area is 154 Å². The summed E-state index contributed by atoms with van der Waals surface area (Å²) in [5.41, 5.74) is -0.715. The average Bonchev–Trinajstić information content (AvgIpc) is 2.65. The van der Waals surface area contributed by atoms with Crippen LogP contribution in [0.2, 0.25) is 0 Å². The maximum absolute atomic E-state index is 14.1. The number of rotatable bonds is 7. The van der Waals surface area contributed by atoms with Crippen molar-refractivity contribution >= 4 is 11.6 Å². The molecule has 0 aliphatic carbocycles. The van der Waals surface area contributed by atoms with Gasteiger partial charge in [-0.15, -0.1) is 0 Å². The minimum absolute atomic E-state index is 0.0285. The summed E-state index contributed by atoms with van der Waals surface area (Å²) in [4.78, 5) is 10.6. The molecule has 0 aromatic heterocycles. The van der Waals surface area contributed by atoms with Gasteiger partial charge in [0.2, 0.25) is 0 Å². The third-order valence-corrected chi connectivity index (χ3v) is 3.74. The first-order valence-electron chi connectivity index (χ1n) is 8.15. The fraction of sp³-hybridized carbons (Fsp3) is 0.278. The van der Waals surface area contributed by atoms with Crippen LogP contribution in [-0.4, -0.2) is 22.6 Å². The summed E-state index contributed by atoms with van der Waals surface area (Å²) in [5.74, 6) is -2.17. The molecule has 0 atom stereocenters. The van der Waals surface area contributed by atoms with E-state index in [1.54, 1.807) is 0 Å². The molecule has 7 nitrogen and oxygen atoms in total. The molecule has 1 N–H and O–H groups in total. The lowest BCUT2D eigenvalue weighted by Gasteiger charge is -2.12. The van der Waals surface area contributed by atoms with Gasteiger partial charge in [-0.1, -0.05) is 13.3 Å². The van der Waals surface area contributed by atoms with Gasteiger partial charge in [0.05, 0.1) is 11.5 Å². The first-order valence-corrected chi connectivity index (χ1v) is 8.15. The quantitative estimate of drug-likeness (QED) is 0.184. The molecule has 27 heavy (non-hydrogen) atoms. The van der Waals surface area contributed by atoms with Crippen LogP contribution >= 0.6 is 0 Å². The van der Waals surface area contributed by atoms with Crippen molar-refractivity contribution in [3.63, 3.8) is 0 Å². The van der Waals surface area contributed by atoms with Gasteiger partial charge in [-0.2, -0.15) is 0 Å². The van der Waals surface area contributed by atoms with Crippen LogP contribution in [0.4, 0.5) is 14.5 Å². The zero-order valence-electron chi connectivity index (χ0n) is 14.7. The topological polar surface area (TPSA) is 94.2 Å². The number of oxime groups is 1. The fourth-order valence-corrected chi connectivity index (χ4v) is 2.23. The maximum atomic E-state index is 14.1. The van der Waals surface area contributed by atoms with E-state index in [4.69, 9.17) is 9.47 Å². The first kappa shape index (κ1) is 20.1. The lowest BCUT2D eigenvalue weighted by Crippen LogP contribution is -2.11. The van der Waals surface area contributed by atoms with E-state index in [0.29, 0.717) is 6.42 Å². The van der Waals surface area contributed by atoms with Crippen LogP contribution in [0.1, 0.15) is 30.9 Å². The van der Waals surface area contributed by atoms with Gasteiger partial charge in [0.1, 0.15) is 17.1 Å². The minimum Gasteiger partial charge on any atom is -0.475 e. The number of ether oxygens (including phenoxy) is 2. The molecule has 0 spiro atoms. The molecule has 0 bridgehead atoms. The molecule has 2 aromatic rings. The number of unbranched alkanes of at least 4 members (excludes halogenated alkanes) is 1. The molecular formula is C18H18F2N2O5. The predicted molar refractivity (Wildman–Crippen MR) is 93.4 cm³/mol. The normalized spacial score (nSPS) is 11.3. The summed E-state index contributed by atoms with van der Waals surface area (Å²) in [6.45, 7) is 3.38. The molecule has 0 aliphatic heterocycles. The van der Waals surface area contributed by atoms with Crippen molar-refractivity contribution in [2.45, 2.75) is 26.7 Å². The third-order valence-electron chi connectivity index (χ3n) is 3.74. The number of halogens is 2. The van der Waals surface area contributed by atoms with Gasteiger partial charge in [-0.25, -0.2) is 8.78 Å². The summed E-state index contributed by atoms with van der Waals surface area (Å²) in [7, 11) is 0. The van der Waals surface area contributed by atoms with Crippen LogP contribution in [0.15, 0.2) is 35.5 Å². The maximum Gasteiger partial charge on any atom is 0.282 e. The van der Waals surface area contributed by atoms with E-state index in [0.717, 1.165) is 24.6 Å². The summed E-state index contributed by atoms with van der Waals surface area (Å²) < 4.78 is 38.2. The Bertz CT molecular complexity index is 871. The fourth-order valence-electron chi connectivity index (χ4n) is 2.23. The Morgan fingerprint density at radius 3 is 2.67 bits per heavy atom. The Kier molecular flexibility index (Phi) is 6.64. The monoisotopic (exact) mass is 380 g/mol. The molecule has 0 heterocycles. The lowest BCUT2D eigenvalue weighted by molar-refractivity contribution is -0.385. The van der Waals surface area contributed by atoms with Crippen molar-refractivity contribution in [3.05, 3.63) is 63.2 Å².